The van der Waals surface area contributed by atoms with Crippen LogP contribution < -0.4 is 4.74 Å². The standard InChI is InChI=1S/C25H33N3O5S/c1-18-14-21(32-3)15-19(2)25(18)34(30,31)28-13-6-8-20(28)16-33-17-24(29)27-12-7-10-23(27)22-9-4-5-11-26-22/h4-5,9,11,14-15,20,23H,6-8,10,12-13,16-17H2,1-3H3. The van der Waals surface area contributed by atoms with Gasteiger partial charge in [-0.1, -0.05) is 6.07 Å². The van der Waals surface area contributed by atoms with Crippen molar-refractivity contribution in [1.29, 1.82) is 0 Å². The molecule has 1 aromatic heterocycles. The van der Waals surface area contributed by atoms with Crippen molar-refractivity contribution < 1.29 is 22.7 Å². The largest absolute Gasteiger partial charge is 0.497 e. The Hall–Kier alpha value is -2.49. The van der Waals surface area contributed by atoms with Gasteiger partial charge in [-0.2, -0.15) is 4.31 Å². The number of hydrogen-bond acceptors (Lipinski definition) is 6. The number of carbonyl (C=O) groups is 1. The lowest BCUT2D eigenvalue weighted by Gasteiger charge is -2.27. The fourth-order valence-corrected chi connectivity index (χ4v) is 7.25. The van der Waals surface area contributed by atoms with E-state index in [0.29, 0.717) is 41.3 Å². The Labute approximate surface area is 201 Å². The van der Waals surface area contributed by atoms with E-state index in [1.54, 1.807) is 39.3 Å². The number of likely N-dealkylation sites (tertiary alicyclic amines) is 1. The van der Waals surface area contributed by atoms with Gasteiger partial charge in [-0.3, -0.25) is 9.78 Å². The van der Waals surface area contributed by atoms with Gasteiger partial charge in [0.1, 0.15) is 12.4 Å². The Balaban J connectivity index is 1.40. The molecular weight excluding hydrogens is 454 g/mol. The Morgan fingerprint density at radius 3 is 2.53 bits per heavy atom. The van der Waals surface area contributed by atoms with Crippen molar-refractivity contribution in [3.8, 4) is 5.75 Å². The van der Waals surface area contributed by atoms with Crippen molar-refractivity contribution in [1.82, 2.24) is 14.2 Å². The molecule has 2 atom stereocenters. The molecule has 1 aromatic carbocycles. The van der Waals surface area contributed by atoms with Gasteiger partial charge >= 0.3 is 0 Å². The zero-order valence-electron chi connectivity index (χ0n) is 20.1. The molecule has 2 saturated heterocycles. The Kier molecular flexibility index (Phi) is 7.54. The number of nitrogens with zero attached hydrogens (tertiary/aromatic N) is 3. The first-order valence-electron chi connectivity index (χ1n) is 11.8. The number of carbonyl (C=O) groups excluding carboxylic acids is 1. The SMILES string of the molecule is COc1cc(C)c(S(=O)(=O)N2CCCC2COCC(=O)N2CCCC2c2ccccn2)c(C)c1. The van der Waals surface area contributed by atoms with E-state index in [1.165, 1.54) is 4.31 Å². The highest BCUT2D eigenvalue weighted by molar-refractivity contribution is 7.89. The molecule has 9 heteroatoms. The number of methoxy groups -OCH3 is 1. The molecule has 0 bridgehead atoms. The van der Waals surface area contributed by atoms with Crippen molar-refractivity contribution in [3.63, 3.8) is 0 Å². The van der Waals surface area contributed by atoms with Crippen LogP contribution >= 0.6 is 0 Å². The molecule has 0 saturated carbocycles. The van der Waals surface area contributed by atoms with Gasteiger partial charge in [0.25, 0.3) is 0 Å². The molecule has 0 spiro atoms. The van der Waals surface area contributed by atoms with Crippen LogP contribution in [0.4, 0.5) is 0 Å². The van der Waals surface area contributed by atoms with E-state index in [2.05, 4.69) is 4.98 Å². The number of benzene rings is 1. The summed E-state index contributed by atoms with van der Waals surface area (Å²) in [6, 6.07) is 8.92. The fourth-order valence-electron chi connectivity index (χ4n) is 5.16. The van der Waals surface area contributed by atoms with E-state index in [1.807, 2.05) is 23.1 Å². The van der Waals surface area contributed by atoms with E-state index in [0.717, 1.165) is 25.0 Å². The van der Waals surface area contributed by atoms with Gasteiger partial charge in [0.2, 0.25) is 15.9 Å². The highest BCUT2D eigenvalue weighted by Gasteiger charge is 2.37. The second-order valence-electron chi connectivity index (χ2n) is 9.02. The molecule has 4 rings (SSSR count). The lowest BCUT2D eigenvalue weighted by molar-refractivity contribution is -0.137. The molecule has 2 fully saturated rings. The zero-order chi connectivity index (χ0) is 24.3. The second kappa shape index (κ2) is 10.4. The smallest absolute Gasteiger partial charge is 0.249 e. The van der Waals surface area contributed by atoms with E-state index in [-0.39, 0.29) is 31.2 Å². The van der Waals surface area contributed by atoms with Gasteiger partial charge in [-0.05, 0) is 74.9 Å². The number of rotatable bonds is 8. The van der Waals surface area contributed by atoms with E-state index < -0.39 is 10.0 Å². The second-order valence-corrected chi connectivity index (χ2v) is 10.8. The summed E-state index contributed by atoms with van der Waals surface area (Å²) in [6.45, 7) is 4.84. The van der Waals surface area contributed by atoms with Gasteiger partial charge in [0.05, 0.1) is 30.3 Å². The number of ether oxygens (including phenoxy) is 2. The quantitative estimate of drug-likeness (QED) is 0.568. The third-order valence-corrected chi connectivity index (χ3v) is 8.96. The van der Waals surface area contributed by atoms with Crippen LogP contribution in [0.15, 0.2) is 41.4 Å². The van der Waals surface area contributed by atoms with Crippen molar-refractivity contribution in [2.24, 2.45) is 0 Å². The lowest BCUT2D eigenvalue weighted by atomic mass is 10.1. The predicted octanol–water partition coefficient (Wildman–Crippen LogP) is 3.24. The molecule has 2 unspecified atom stereocenters. The third-order valence-electron chi connectivity index (χ3n) is 6.70. The maximum Gasteiger partial charge on any atom is 0.249 e. The third kappa shape index (κ3) is 4.96. The maximum atomic E-state index is 13.5. The molecule has 8 nitrogen and oxygen atoms in total. The summed E-state index contributed by atoms with van der Waals surface area (Å²) in [5, 5.41) is 0. The minimum atomic E-state index is -3.69. The van der Waals surface area contributed by atoms with Crippen LogP contribution in [-0.2, 0) is 19.6 Å². The normalized spacial score (nSPS) is 21.2. The molecule has 0 aliphatic carbocycles. The highest BCUT2D eigenvalue weighted by Crippen LogP contribution is 2.33. The summed E-state index contributed by atoms with van der Waals surface area (Å²) in [4.78, 5) is 19.4. The average molecular weight is 488 g/mol. The molecule has 2 aliphatic heterocycles. The molecule has 1 amide bonds. The number of amides is 1. The summed E-state index contributed by atoms with van der Waals surface area (Å²) in [5.74, 6) is 0.557. The Morgan fingerprint density at radius 2 is 1.85 bits per heavy atom. The molecule has 0 radical (unpaired) electrons. The van der Waals surface area contributed by atoms with Crippen molar-refractivity contribution in [2.45, 2.75) is 56.5 Å². The van der Waals surface area contributed by atoms with Crippen LogP contribution in [0.1, 0.15) is 48.5 Å². The number of aromatic nitrogens is 1. The monoisotopic (exact) mass is 487 g/mol. The van der Waals surface area contributed by atoms with Crippen molar-refractivity contribution in [3.05, 3.63) is 53.3 Å². The number of sulfonamides is 1. The molecule has 34 heavy (non-hydrogen) atoms. The van der Waals surface area contributed by atoms with Crippen LogP contribution in [0.2, 0.25) is 0 Å². The molecule has 2 aliphatic rings. The lowest BCUT2D eigenvalue weighted by Crippen LogP contribution is -2.40. The van der Waals surface area contributed by atoms with Crippen LogP contribution in [0.25, 0.3) is 0 Å². The van der Waals surface area contributed by atoms with Crippen LogP contribution in [-0.4, -0.2) is 68.0 Å². The molecule has 3 heterocycles. The van der Waals surface area contributed by atoms with Gasteiger partial charge < -0.3 is 14.4 Å². The van der Waals surface area contributed by atoms with Crippen LogP contribution in [0, 0.1) is 13.8 Å². The van der Waals surface area contributed by atoms with E-state index in [4.69, 9.17) is 9.47 Å². The first-order chi connectivity index (χ1) is 16.3. The highest BCUT2D eigenvalue weighted by atomic mass is 32.2. The number of hydrogen-bond donors (Lipinski definition) is 0. The summed E-state index contributed by atoms with van der Waals surface area (Å²) in [7, 11) is -2.12. The molecule has 184 valence electrons. The Bertz CT molecular complexity index is 1100. The summed E-state index contributed by atoms with van der Waals surface area (Å²) in [6.07, 6.45) is 5.04. The van der Waals surface area contributed by atoms with Crippen molar-refractivity contribution in [2.75, 3.05) is 33.4 Å². The van der Waals surface area contributed by atoms with Crippen LogP contribution in [0.3, 0.4) is 0 Å². The molecule has 2 aromatic rings. The zero-order valence-corrected chi connectivity index (χ0v) is 20.9. The fraction of sp³-hybridized carbons (Fsp3) is 0.520. The van der Waals surface area contributed by atoms with Gasteiger partial charge in [-0.15, -0.1) is 0 Å². The van der Waals surface area contributed by atoms with Gasteiger partial charge in [0, 0.05) is 25.3 Å². The van der Waals surface area contributed by atoms with Crippen LogP contribution in [0.5, 0.6) is 5.75 Å². The summed E-state index contributed by atoms with van der Waals surface area (Å²) in [5.41, 5.74) is 2.22. The minimum absolute atomic E-state index is 0.0262. The average Bonchev–Trinajstić information content (AvgIpc) is 3.49. The first-order valence-corrected chi connectivity index (χ1v) is 13.2. The summed E-state index contributed by atoms with van der Waals surface area (Å²) < 4.78 is 39.7. The first kappa shape index (κ1) is 24.6. The topological polar surface area (TPSA) is 89.0 Å². The maximum absolute atomic E-state index is 13.5. The van der Waals surface area contributed by atoms with E-state index in [9.17, 15) is 13.2 Å². The number of pyridine rings is 1. The molecular formula is C25H33N3O5S. The van der Waals surface area contributed by atoms with Crippen molar-refractivity contribution >= 4 is 15.9 Å². The van der Waals surface area contributed by atoms with Gasteiger partial charge in [-0.25, -0.2) is 8.42 Å². The Morgan fingerprint density at radius 1 is 1.12 bits per heavy atom. The molecule has 0 N–H and O–H groups in total. The summed E-state index contributed by atoms with van der Waals surface area (Å²) >= 11 is 0. The van der Waals surface area contributed by atoms with Gasteiger partial charge in [0.15, 0.2) is 0 Å². The minimum Gasteiger partial charge on any atom is -0.497 e. The number of aryl methyl sites for hydroxylation is 2. The predicted molar refractivity (Wildman–Crippen MR) is 128 cm³/mol. The van der Waals surface area contributed by atoms with E-state index >= 15 is 0 Å².